The van der Waals surface area contributed by atoms with Crippen LogP contribution in [0.5, 0.6) is 0 Å². The highest BCUT2D eigenvalue weighted by Crippen LogP contribution is 2.21. The highest BCUT2D eigenvalue weighted by molar-refractivity contribution is 14.1. The van der Waals surface area contributed by atoms with E-state index in [4.69, 9.17) is 16.1 Å². The average Bonchev–Trinajstić information content (AvgIpc) is 2.66. The van der Waals surface area contributed by atoms with Crippen LogP contribution in [0, 0.1) is 3.57 Å². The molecule has 0 spiro atoms. The molecule has 1 aromatic carbocycles. The summed E-state index contributed by atoms with van der Waals surface area (Å²) < 4.78 is 5.88. The van der Waals surface area contributed by atoms with Gasteiger partial charge in [0.05, 0.1) is 0 Å². The predicted molar refractivity (Wildman–Crippen MR) is 64.8 cm³/mol. The normalized spacial score (nSPS) is 10.3. The monoisotopic (exact) mass is 333 g/mol. The quantitative estimate of drug-likeness (QED) is 0.625. The summed E-state index contributed by atoms with van der Waals surface area (Å²) >= 11 is 7.46. The van der Waals surface area contributed by atoms with Crippen molar-refractivity contribution < 1.29 is 9.32 Å². The number of hydrogen-bond donors (Lipinski definition) is 0. The summed E-state index contributed by atoms with van der Waals surface area (Å²) in [4.78, 5) is 10.8. The summed E-state index contributed by atoms with van der Waals surface area (Å²) in [5, 5.41) is 3.13. The molecule has 3 nitrogen and oxygen atoms in total. The van der Waals surface area contributed by atoms with Crippen LogP contribution in [0.1, 0.15) is 10.6 Å². The van der Waals surface area contributed by atoms with E-state index in [-0.39, 0.29) is 5.76 Å². The fourth-order valence-electron chi connectivity index (χ4n) is 1.15. The van der Waals surface area contributed by atoms with Crippen LogP contribution in [-0.2, 0) is 0 Å². The summed E-state index contributed by atoms with van der Waals surface area (Å²) in [5.41, 5.74) is 1.51. The van der Waals surface area contributed by atoms with Gasteiger partial charge in [-0.1, -0.05) is 17.3 Å². The number of carbonyl (C=O) groups is 1. The van der Waals surface area contributed by atoms with E-state index in [1.54, 1.807) is 0 Å². The van der Waals surface area contributed by atoms with Gasteiger partial charge in [0.15, 0.2) is 0 Å². The van der Waals surface area contributed by atoms with Gasteiger partial charge in [-0.25, -0.2) is 0 Å². The third-order valence-corrected chi connectivity index (χ3v) is 2.68. The van der Waals surface area contributed by atoms with Gasteiger partial charge in [-0.15, -0.1) is 0 Å². The van der Waals surface area contributed by atoms with E-state index in [9.17, 15) is 4.79 Å². The first-order valence-corrected chi connectivity index (χ1v) is 5.55. The Balaban J connectivity index is 2.41. The molecule has 0 atom stereocenters. The maximum absolute atomic E-state index is 10.8. The number of halogens is 2. The largest absolute Gasteiger partial charge is 0.351 e. The van der Waals surface area contributed by atoms with Gasteiger partial charge in [-0.2, -0.15) is 0 Å². The number of nitrogens with zero attached hydrogens (tertiary/aromatic N) is 1. The maximum atomic E-state index is 10.8. The van der Waals surface area contributed by atoms with E-state index in [0.29, 0.717) is 5.69 Å². The molecule has 0 aliphatic carbocycles. The standard InChI is InChI=1S/C10H5ClINO2/c11-10(14)9-5-8(13-15-9)6-2-1-3-7(12)4-6/h1-5H. The zero-order valence-electron chi connectivity index (χ0n) is 7.41. The van der Waals surface area contributed by atoms with Crippen molar-refractivity contribution >= 4 is 39.4 Å². The molecule has 5 heteroatoms. The lowest BCUT2D eigenvalue weighted by molar-refractivity contribution is 0.104. The van der Waals surface area contributed by atoms with Gasteiger partial charge in [-0.05, 0) is 46.3 Å². The van der Waals surface area contributed by atoms with Gasteiger partial charge < -0.3 is 4.52 Å². The Morgan fingerprint density at radius 1 is 1.40 bits per heavy atom. The fraction of sp³-hybridized carbons (Fsp3) is 0. The van der Waals surface area contributed by atoms with Crippen LogP contribution in [0.25, 0.3) is 11.3 Å². The van der Waals surface area contributed by atoms with Crippen LogP contribution in [0.15, 0.2) is 34.9 Å². The minimum atomic E-state index is -0.639. The molecule has 0 amide bonds. The highest BCUT2D eigenvalue weighted by atomic mass is 127. The smallest absolute Gasteiger partial charge is 0.290 e. The van der Waals surface area contributed by atoms with Crippen molar-refractivity contribution in [1.29, 1.82) is 0 Å². The van der Waals surface area contributed by atoms with Gasteiger partial charge in [0.25, 0.3) is 5.24 Å². The van der Waals surface area contributed by atoms with E-state index >= 15 is 0 Å². The second-order valence-electron chi connectivity index (χ2n) is 2.86. The van der Waals surface area contributed by atoms with E-state index in [0.717, 1.165) is 9.13 Å². The Kier molecular flexibility index (Phi) is 3.06. The molecule has 0 saturated carbocycles. The molecule has 0 N–H and O–H groups in total. The minimum Gasteiger partial charge on any atom is -0.351 e. The van der Waals surface area contributed by atoms with Crippen molar-refractivity contribution in [3.8, 4) is 11.3 Å². The molecule has 2 aromatic rings. The molecule has 0 bridgehead atoms. The summed E-state index contributed by atoms with van der Waals surface area (Å²) in [6.07, 6.45) is 0. The number of hydrogen-bond acceptors (Lipinski definition) is 3. The SMILES string of the molecule is O=C(Cl)c1cc(-c2cccc(I)c2)no1. The van der Waals surface area contributed by atoms with Crippen LogP contribution in [-0.4, -0.2) is 10.4 Å². The maximum Gasteiger partial charge on any atom is 0.290 e. The Labute approximate surface area is 105 Å². The third kappa shape index (κ3) is 2.38. The molecule has 1 aromatic heterocycles. The zero-order valence-corrected chi connectivity index (χ0v) is 10.3. The van der Waals surface area contributed by atoms with Crippen LogP contribution in [0.3, 0.4) is 0 Å². The second kappa shape index (κ2) is 4.32. The van der Waals surface area contributed by atoms with Crippen LogP contribution >= 0.6 is 34.2 Å². The lowest BCUT2D eigenvalue weighted by Crippen LogP contribution is -1.82. The van der Waals surface area contributed by atoms with E-state index in [1.165, 1.54) is 6.07 Å². The Hall–Kier alpha value is -0.880. The van der Waals surface area contributed by atoms with Crippen LogP contribution in [0.2, 0.25) is 0 Å². The van der Waals surface area contributed by atoms with Gasteiger partial charge in [0.2, 0.25) is 5.76 Å². The molecular weight excluding hydrogens is 328 g/mol. The van der Waals surface area contributed by atoms with Crippen molar-refractivity contribution in [3.05, 3.63) is 39.7 Å². The minimum absolute atomic E-state index is 0.0607. The predicted octanol–water partition coefficient (Wildman–Crippen LogP) is 3.33. The summed E-state index contributed by atoms with van der Waals surface area (Å²) in [6, 6.07) is 9.25. The van der Waals surface area contributed by atoms with Crippen LogP contribution < -0.4 is 0 Å². The first-order valence-electron chi connectivity index (χ1n) is 4.09. The van der Waals surface area contributed by atoms with Crippen molar-refractivity contribution in [2.75, 3.05) is 0 Å². The number of carbonyl (C=O) groups excluding carboxylic acids is 1. The highest BCUT2D eigenvalue weighted by Gasteiger charge is 2.11. The fourth-order valence-corrected chi connectivity index (χ4v) is 1.78. The molecule has 76 valence electrons. The molecule has 0 fully saturated rings. The molecular formula is C10H5ClINO2. The van der Waals surface area contributed by atoms with Crippen molar-refractivity contribution in [3.63, 3.8) is 0 Å². The Morgan fingerprint density at radius 3 is 2.80 bits per heavy atom. The lowest BCUT2D eigenvalue weighted by atomic mass is 10.1. The molecule has 2 rings (SSSR count). The van der Waals surface area contributed by atoms with Crippen molar-refractivity contribution in [1.82, 2.24) is 5.16 Å². The first kappa shape index (κ1) is 10.6. The van der Waals surface area contributed by atoms with E-state index in [2.05, 4.69) is 27.7 Å². The summed E-state index contributed by atoms with van der Waals surface area (Å²) in [7, 11) is 0. The van der Waals surface area contributed by atoms with Gasteiger partial charge in [0.1, 0.15) is 5.69 Å². The number of benzene rings is 1. The van der Waals surface area contributed by atoms with E-state index < -0.39 is 5.24 Å². The van der Waals surface area contributed by atoms with E-state index in [1.807, 2.05) is 24.3 Å². The molecule has 0 aliphatic rings. The molecule has 0 unspecified atom stereocenters. The van der Waals surface area contributed by atoms with Gasteiger partial charge in [0, 0.05) is 15.2 Å². The average molecular weight is 334 g/mol. The zero-order chi connectivity index (χ0) is 10.8. The molecule has 0 saturated heterocycles. The first-order chi connectivity index (χ1) is 7.16. The van der Waals surface area contributed by atoms with Crippen molar-refractivity contribution in [2.24, 2.45) is 0 Å². The van der Waals surface area contributed by atoms with Crippen molar-refractivity contribution in [2.45, 2.75) is 0 Å². The number of aromatic nitrogens is 1. The lowest BCUT2D eigenvalue weighted by Gasteiger charge is -1.94. The Morgan fingerprint density at radius 2 is 2.20 bits per heavy atom. The van der Waals surface area contributed by atoms with Gasteiger partial charge >= 0.3 is 0 Å². The van der Waals surface area contributed by atoms with Crippen LogP contribution in [0.4, 0.5) is 0 Å². The Bertz CT molecular complexity index is 510. The molecule has 0 aliphatic heterocycles. The van der Waals surface area contributed by atoms with Gasteiger partial charge in [-0.3, -0.25) is 4.79 Å². The molecule has 1 heterocycles. The topological polar surface area (TPSA) is 43.1 Å². The molecule has 0 radical (unpaired) electrons. The summed E-state index contributed by atoms with van der Waals surface area (Å²) in [6.45, 7) is 0. The molecule has 15 heavy (non-hydrogen) atoms. The third-order valence-electron chi connectivity index (χ3n) is 1.82. The second-order valence-corrected chi connectivity index (χ2v) is 4.45. The summed E-state index contributed by atoms with van der Waals surface area (Å²) in [5.74, 6) is 0.0607. The number of rotatable bonds is 2.